The minimum atomic E-state index is 0. The molecule has 0 bridgehead atoms. The summed E-state index contributed by atoms with van der Waals surface area (Å²) >= 11 is 0. The summed E-state index contributed by atoms with van der Waals surface area (Å²) in [6, 6.07) is 13.7. The van der Waals surface area contributed by atoms with Gasteiger partial charge in [-0.05, 0) is 46.6 Å². The molecular formula is C31H43N2Ru. The largest absolute Gasteiger partial charge is 1.00 e. The first kappa shape index (κ1) is 25.7. The summed E-state index contributed by atoms with van der Waals surface area (Å²) in [6.07, 6.45) is 0.296. The second-order valence-corrected chi connectivity index (χ2v) is 13.3. The molecule has 1 radical (unpaired) electrons. The molecular weight excluding hydrogens is 501 g/mol. The first-order valence-corrected chi connectivity index (χ1v) is 12.8. The number of hydrogen-bond acceptors (Lipinski definition) is 2. The van der Waals surface area contributed by atoms with Crippen molar-refractivity contribution in [2.45, 2.75) is 112 Å². The first-order valence-electron chi connectivity index (χ1n) is 12.8. The molecule has 3 atom stereocenters. The van der Waals surface area contributed by atoms with Gasteiger partial charge in [0.2, 0.25) is 0 Å². The number of fused-ring (bicyclic) bond motifs is 7. The molecule has 2 aromatic rings. The molecule has 2 unspecified atom stereocenters. The van der Waals surface area contributed by atoms with E-state index in [1.165, 1.54) is 39.2 Å². The molecule has 1 fully saturated rings. The molecule has 0 aliphatic carbocycles. The molecule has 3 aliphatic rings. The number of nitrogens with zero attached hydrogens (tertiary/aromatic N) is 2. The summed E-state index contributed by atoms with van der Waals surface area (Å²) in [4.78, 5) is 5.64. The Morgan fingerprint density at radius 2 is 1.24 bits per heavy atom. The van der Waals surface area contributed by atoms with Gasteiger partial charge in [0, 0.05) is 5.69 Å². The van der Waals surface area contributed by atoms with E-state index < -0.39 is 0 Å². The number of anilines is 2. The third-order valence-electron chi connectivity index (χ3n) is 11.1. The van der Waals surface area contributed by atoms with E-state index >= 15 is 0 Å². The van der Waals surface area contributed by atoms with Crippen LogP contribution in [0.25, 0.3) is 0 Å². The van der Waals surface area contributed by atoms with E-state index in [9.17, 15) is 0 Å². The van der Waals surface area contributed by atoms with Crippen molar-refractivity contribution < 1.29 is 19.5 Å². The van der Waals surface area contributed by atoms with Crippen molar-refractivity contribution in [2.24, 2.45) is 10.8 Å². The maximum absolute atomic E-state index is 3.59. The fraction of sp³-hybridized carbons (Fsp3) is 0.613. The summed E-state index contributed by atoms with van der Waals surface area (Å²) in [5.74, 6) is 0. The number of benzene rings is 2. The Labute approximate surface area is 221 Å². The van der Waals surface area contributed by atoms with E-state index in [0.717, 1.165) is 0 Å². The minimum absolute atomic E-state index is 0. The standard InChI is InChI=1S/C31H43N2.Ru/c1-18-16-17-23-25(20(18)3)33-21(4)32-24-19(2)14-13-15-22(24)28(5,6)30(9,10)26(32)27(33)31(11,12)29(23,7)8;/h13-15,17,21,26-27H,1-12H3;/q-1;+1/t21-,26?,27?;/m1./s1. The molecule has 0 aromatic heterocycles. The second-order valence-electron chi connectivity index (χ2n) is 13.3. The van der Waals surface area contributed by atoms with Crippen LogP contribution in [0.1, 0.15) is 90.1 Å². The Balaban J connectivity index is 0.00000274. The van der Waals surface area contributed by atoms with Crippen molar-refractivity contribution in [3.63, 3.8) is 0 Å². The molecule has 185 valence electrons. The van der Waals surface area contributed by atoms with Gasteiger partial charge in [-0.1, -0.05) is 93.1 Å². The zero-order valence-electron chi connectivity index (χ0n) is 23.3. The zero-order valence-corrected chi connectivity index (χ0v) is 25.0. The van der Waals surface area contributed by atoms with Crippen LogP contribution in [-0.4, -0.2) is 18.2 Å². The number of hydrogen-bond donors (Lipinski definition) is 0. The van der Waals surface area contributed by atoms with E-state index in [0.29, 0.717) is 18.2 Å². The molecule has 2 aromatic carbocycles. The fourth-order valence-electron chi connectivity index (χ4n) is 7.53. The Morgan fingerprint density at radius 3 is 1.79 bits per heavy atom. The van der Waals surface area contributed by atoms with Crippen LogP contribution in [0.2, 0.25) is 0 Å². The summed E-state index contributed by atoms with van der Waals surface area (Å²) < 4.78 is 0. The quantitative estimate of drug-likeness (QED) is 0.251. The Kier molecular flexibility index (Phi) is 5.56. The average Bonchev–Trinajstić information content (AvgIpc) is 3.02. The predicted octanol–water partition coefficient (Wildman–Crippen LogP) is 7.45. The number of aryl methyl sites for hydroxylation is 2. The van der Waals surface area contributed by atoms with Crippen LogP contribution in [0.15, 0.2) is 24.3 Å². The normalized spacial score (nSPS) is 28.9. The molecule has 3 heteroatoms. The van der Waals surface area contributed by atoms with Gasteiger partial charge in [0.25, 0.3) is 0 Å². The van der Waals surface area contributed by atoms with Gasteiger partial charge < -0.3 is 9.80 Å². The van der Waals surface area contributed by atoms with Crippen LogP contribution in [0, 0.1) is 37.7 Å². The van der Waals surface area contributed by atoms with Crippen LogP contribution < -0.4 is 9.80 Å². The third-order valence-corrected chi connectivity index (χ3v) is 11.1. The van der Waals surface area contributed by atoms with Crippen LogP contribution in [0.5, 0.6) is 0 Å². The van der Waals surface area contributed by atoms with Gasteiger partial charge >= 0.3 is 19.5 Å². The maximum atomic E-state index is 3.59. The molecule has 1 saturated heterocycles. The maximum Gasteiger partial charge on any atom is 1.00 e. The number of para-hydroxylation sites is 1. The summed E-state index contributed by atoms with van der Waals surface area (Å²) in [6.45, 7) is 29.3. The van der Waals surface area contributed by atoms with Gasteiger partial charge in [0.15, 0.2) is 0 Å². The molecule has 3 aliphatic heterocycles. The molecule has 5 rings (SSSR count). The summed E-state index contributed by atoms with van der Waals surface area (Å²) in [7, 11) is 0. The summed E-state index contributed by atoms with van der Waals surface area (Å²) in [5.41, 5.74) is 10.3. The van der Waals surface area contributed by atoms with Crippen molar-refractivity contribution in [2.75, 3.05) is 9.80 Å². The monoisotopic (exact) mass is 545 g/mol. The topological polar surface area (TPSA) is 6.48 Å². The van der Waals surface area contributed by atoms with Gasteiger partial charge in [-0.25, -0.2) is 0 Å². The smallest absolute Gasteiger partial charge is 0.368 e. The zero-order chi connectivity index (χ0) is 24.5. The van der Waals surface area contributed by atoms with Crippen LogP contribution in [0.3, 0.4) is 0 Å². The SMILES string of the molecule is Cc1[c-]cc2c(c1C)N1C(C3N(c4c(C)cccc4C(C)(C)C3(C)C)[C@H]1C)C(C)(C)C2(C)C.[Ru+]. The van der Waals surface area contributed by atoms with Crippen LogP contribution in [-0.2, 0) is 30.3 Å². The Morgan fingerprint density at radius 1 is 0.735 bits per heavy atom. The van der Waals surface area contributed by atoms with Crippen molar-refractivity contribution >= 4 is 11.4 Å². The van der Waals surface area contributed by atoms with Gasteiger partial charge in [-0.2, -0.15) is 17.7 Å². The molecule has 0 spiro atoms. The van der Waals surface area contributed by atoms with Crippen molar-refractivity contribution in [1.29, 1.82) is 0 Å². The van der Waals surface area contributed by atoms with E-state index in [-0.39, 0.29) is 41.1 Å². The van der Waals surface area contributed by atoms with Crippen LogP contribution >= 0.6 is 0 Å². The molecule has 0 saturated carbocycles. The minimum Gasteiger partial charge on any atom is -0.368 e. The van der Waals surface area contributed by atoms with Crippen LogP contribution in [0.4, 0.5) is 11.4 Å². The average molecular weight is 545 g/mol. The van der Waals surface area contributed by atoms with Crippen molar-refractivity contribution in [1.82, 2.24) is 0 Å². The third kappa shape index (κ3) is 2.72. The predicted molar refractivity (Wildman–Crippen MR) is 142 cm³/mol. The number of rotatable bonds is 0. The van der Waals surface area contributed by atoms with Gasteiger partial charge in [-0.15, -0.1) is 11.1 Å². The first-order chi connectivity index (χ1) is 15.1. The van der Waals surface area contributed by atoms with Gasteiger partial charge in [-0.3, -0.25) is 0 Å². The van der Waals surface area contributed by atoms with Gasteiger partial charge in [0.1, 0.15) is 0 Å². The van der Waals surface area contributed by atoms with E-state index in [2.05, 4.69) is 123 Å². The Bertz CT molecular complexity index is 1160. The van der Waals surface area contributed by atoms with Crippen molar-refractivity contribution in [3.8, 4) is 0 Å². The van der Waals surface area contributed by atoms with Gasteiger partial charge in [0.05, 0.1) is 18.2 Å². The molecule has 3 heterocycles. The Hall–Kier alpha value is -1.34. The molecule has 0 amide bonds. The van der Waals surface area contributed by atoms with E-state index in [1.807, 2.05) is 0 Å². The molecule has 0 N–H and O–H groups in total. The second kappa shape index (κ2) is 7.35. The van der Waals surface area contributed by atoms with E-state index in [1.54, 1.807) is 0 Å². The summed E-state index contributed by atoms with van der Waals surface area (Å²) in [5, 5.41) is 0. The van der Waals surface area contributed by atoms with Crippen molar-refractivity contribution in [3.05, 3.63) is 58.1 Å². The molecule has 2 nitrogen and oxygen atoms in total. The van der Waals surface area contributed by atoms with E-state index in [4.69, 9.17) is 0 Å². The molecule has 34 heavy (non-hydrogen) atoms. The fourth-order valence-corrected chi connectivity index (χ4v) is 7.53.